The normalized spacial score (nSPS) is 13.9. The number of carbonyl (C=O) groups is 2. The van der Waals surface area contributed by atoms with Crippen LogP contribution < -0.4 is 5.73 Å². The second kappa shape index (κ2) is 5.94. The molecule has 0 atom stereocenters. The highest BCUT2D eigenvalue weighted by Gasteiger charge is 2.34. The number of amides is 1. The van der Waals surface area contributed by atoms with Crippen LogP contribution in [0, 0.1) is 6.92 Å². The first kappa shape index (κ1) is 14.4. The molecule has 1 aliphatic rings. The van der Waals surface area contributed by atoms with Gasteiger partial charge in [-0.15, -0.1) is 0 Å². The fraction of sp³-hybridized carbons (Fsp3) is 0.467. The average Bonchev–Trinajstić information content (AvgIpc) is 3.18. The Morgan fingerprint density at radius 3 is 2.60 bits per heavy atom. The largest absolute Gasteiger partial charge is 0.465 e. The Kier molecular flexibility index (Phi) is 4.27. The lowest BCUT2D eigenvalue weighted by Gasteiger charge is -2.21. The molecule has 2 rings (SSSR count). The summed E-state index contributed by atoms with van der Waals surface area (Å²) < 4.78 is 4.93. The molecule has 1 aromatic rings. The van der Waals surface area contributed by atoms with Gasteiger partial charge in [-0.1, -0.05) is 0 Å². The summed E-state index contributed by atoms with van der Waals surface area (Å²) in [5.74, 6) is -0.524. The molecule has 5 nitrogen and oxygen atoms in total. The van der Waals surface area contributed by atoms with Gasteiger partial charge in [0.05, 0.1) is 6.61 Å². The van der Waals surface area contributed by atoms with Crippen LogP contribution >= 0.6 is 0 Å². The lowest BCUT2D eigenvalue weighted by molar-refractivity contribution is -0.144. The molecule has 1 saturated carbocycles. The molecule has 0 radical (unpaired) electrons. The van der Waals surface area contributed by atoms with Gasteiger partial charge in [-0.05, 0) is 50.5 Å². The van der Waals surface area contributed by atoms with Gasteiger partial charge >= 0.3 is 5.97 Å². The Hall–Kier alpha value is -2.04. The van der Waals surface area contributed by atoms with Crippen molar-refractivity contribution in [1.29, 1.82) is 0 Å². The summed E-state index contributed by atoms with van der Waals surface area (Å²) in [5, 5.41) is 0. The van der Waals surface area contributed by atoms with Gasteiger partial charge in [0.25, 0.3) is 5.91 Å². The molecule has 0 aliphatic heterocycles. The van der Waals surface area contributed by atoms with Crippen molar-refractivity contribution >= 4 is 17.6 Å². The Morgan fingerprint density at radius 1 is 1.35 bits per heavy atom. The van der Waals surface area contributed by atoms with E-state index in [4.69, 9.17) is 10.5 Å². The van der Waals surface area contributed by atoms with Gasteiger partial charge in [-0.25, -0.2) is 0 Å². The molecular formula is C15H20N2O3. The minimum atomic E-state index is -0.367. The number of ether oxygens (including phenoxy) is 1. The Balaban J connectivity index is 2.16. The lowest BCUT2D eigenvalue weighted by Crippen LogP contribution is -2.38. The molecule has 0 spiro atoms. The summed E-state index contributed by atoms with van der Waals surface area (Å²) in [6.07, 6.45) is 1.87. The Morgan fingerprint density at radius 2 is 2.05 bits per heavy atom. The van der Waals surface area contributed by atoms with E-state index < -0.39 is 0 Å². The highest BCUT2D eigenvalue weighted by atomic mass is 16.5. The molecule has 5 heteroatoms. The number of nitrogens with zero attached hydrogens (tertiary/aromatic N) is 1. The molecule has 1 aromatic carbocycles. The molecule has 0 unspecified atom stereocenters. The van der Waals surface area contributed by atoms with Crippen LogP contribution in [0.2, 0.25) is 0 Å². The molecule has 2 N–H and O–H groups in total. The zero-order valence-corrected chi connectivity index (χ0v) is 11.9. The minimum absolute atomic E-state index is 0.00515. The van der Waals surface area contributed by atoms with Gasteiger partial charge in [-0.2, -0.15) is 0 Å². The van der Waals surface area contributed by atoms with Gasteiger partial charge in [0, 0.05) is 17.3 Å². The SMILES string of the molecule is CCOC(=O)CN(C(=O)c1cc(C)cc(N)c1)C1CC1. The number of hydrogen-bond acceptors (Lipinski definition) is 4. The monoisotopic (exact) mass is 276 g/mol. The third-order valence-electron chi connectivity index (χ3n) is 3.20. The summed E-state index contributed by atoms with van der Waals surface area (Å²) in [6.45, 7) is 3.97. The van der Waals surface area contributed by atoms with E-state index in [-0.39, 0.29) is 24.5 Å². The highest BCUT2D eigenvalue weighted by Crippen LogP contribution is 2.28. The molecule has 0 aromatic heterocycles. The molecule has 0 bridgehead atoms. The lowest BCUT2D eigenvalue weighted by atomic mass is 10.1. The van der Waals surface area contributed by atoms with Crippen molar-refractivity contribution in [2.24, 2.45) is 0 Å². The van der Waals surface area contributed by atoms with E-state index in [1.807, 2.05) is 13.0 Å². The average molecular weight is 276 g/mol. The van der Waals surface area contributed by atoms with Gasteiger partial charge in [0.1, 0.15) is 6.54 Å². The predicted molar refractivity (Wildman–Crippen MR) is 76.3 cm³/mol. The second-order valence-electron chi connectivity index (χ2n) is 5.10. The van der Waals surface area contributed by atoms with Gasteiger partial charge in [0.15, 0.2) is 0 Å². The first-order valence-electron chi connectivity index (χ1n) is 6.85. The van der Waals surface area contributed by atoms with Crippen LogP contribution in [0.1, 0.15) is 35.7 Å². The number of benzene rings is 1. The second-order valence-corrected chi connectivity index (χ2v) is 5.10. The zero-order valence-electron chi connectivity index (χ0n) is 11.9. The van der Waals surface area contributed by atoms with Crippen molar-refractivity contribution < 1.29 is 14.3 Å². The minimum Gasteiger partial charge on any atom is -0.465 e. The molecule has 20 heavy (non-hydrogen) atoms. The molecule has 1 amide bonds. The smallest absolute Gasteiger partial charge is 0.325 e. The van der Waals surface area contributed by atoms with E-state index in [1.54, 1.807) is 24.0 Å². The van der Waals surface area contributed by atoms with E-state index >= 15 is 0 Å². The Bertz CT molecular complexity index is 504. The zero-order chi connectivity index (χ0) is 14.7. The van der Waals surface area contributed by atoms with Gasteiger partial charge < -0.3 is 15.4 Å². The third kappa shape index (κ3) is 3.50. The van der Waals surface area contributed by atoms with E-state index in [1.165, 1.54) is 0 Å². The summed E-state index contributed by atoms with van der Waals surface area (Å²) in [7, 11) is 0. The fourth-order valence-electron chi connectivity index (χ4n) is 2.20. The summed E-state index contributed by atoms with van der Waals surface area (Å²) in [6, 6.07) is 5.40. The quantitative estimate of drug-likeness (QED) is 0.657. The molecular weight excluding hydrogens is 256 g/mol. The van der Waals surface area contributed by atoms with Crippen molar-refractivity contribution in [2.45, 2.75) is 32.7 Å². The highest BCUT2D eigenvalue weighted by molar-refractivity contribution is 5.97. The molecule has 1 aliphatic carbocycles. The molecule has 1 fully saturated rings. The van der Waals surface area contributed by atoms with E-state index in [0.29, 0.717) is 17.9 Å². The summed E-state index contributed by atoms with van der Waals surface area (Å²) in [5.41, 5.74) is 7.79. The van der Waals surface area contributed by atoms with Crippen LogP contribution in [0.4, 0.5) is 5.69 Å². The first-order valence-corrected chi connectivity index (χ1v) is 6.85. The standard InChI is InChI=1S/C15H20N2O3/c1-3-20-14(18)9-17(13-4-5-13)15(19)11-6-10(2)7-12(16)8-11/h6-8,13H,3-5,9,16H2,1-2H3. The number of aryl methyl sites for hydroxylation is 1. The summed E-state index contributed by atoms with van der Waals surface area (Å²) in [4.78, 5) is 25.7. The number of esters is 1. The van der Waals surface area contributed by atoms with Crippen molar-refractivity contribution in [3.05, 3.63) is 29.3 Å². The van der Waals surface area contributed by atoms with Crippen molar-refractivity contribution in [3.63, 3.8) is 0 Å². The Labute approximate surface area is 118 Å². The number of nitrogen functional groups attached to an aromatic ring is 1. The van der Waals surface area contributed by atoms with Crippen LogP contribution in [-0.2, 0) is 9.53 Å². The van der Waals surface area contributed by atoms with Crippen molar-refractivity contribution in [2.75, 3.05) is 18.9 Å². The van der Waals surface area contributed by atoms with Crippen LogP contribution in [-0.4, -0.2) is 36.0 Å². The maximum atomic E-state index is 12.5. The van der Waals surface area contributed by atoms with Gasteiger partial charge in [-0.3, -0.25) is 9.59 Å². The number of carbonyl (C=O) groups excluding carboxylic acids is 2. The van der Waals surface area contributed by atoms with E-state index in [9.17, 15) is 9.59 Å². The number of hydrogen-bond donors (Lipinski definition) is 1. The van der Waals surface area contributed by atoms with E-state index in [0.717, 1.165) is 18.4 Å². The summed E-state index contributed by atoms with van der Waals surface area (Å²) >= 11 is 0. The molecule has 0 saturated heterocycles. The molecule has 108 valence electrons. The van der Waals surface area contributed by atoms with Crippen LogP contribution in [0.3, 0.4) is 0 Å². The van der Waals surface area contributed by atoms with E-state index in [2.05, 4.69) is 0 Å². The molecule has 0 heterocycles. The number of anilines is 1. The first-order chi connectivity index (χ1) is 9.51. The number of rotatable bonds is 5. The fourth-order valence-corrected chi connectivity index (χ4v) is 2.20. The number of nitrogens with two attached hydrogens (primary N) is 1. The topological polar surface area (TPSA) is 72.6 Å². The van der Waals surface area contributed by atoms with Crippen LogP contribution in [0.25, 0.3) is 0 Å². The maximum absolute atomic E-state index is 12.5. The van der Waals surface area contributed by atoms with Crippen molar-refractivity contribution in [1.82, 2.24) is 4.90 Å². The van der Waals surface area contributed by atoms with Crippen LogP contribution in [0.5, 0.6) is 0 Å². The third-order valence-corrected chi connectivity index (χ3v) is 3.20. The van der Waals surface area contributed by atoms with Crippen LogP contribution in [0.15, 0.2) is 18.2 Å². The predicted octanol–water partition coefficient (Wildman–Crippen LogP) is 1.74. The van der Waals surface area contributed by atoms with Gasteiger partial charge in [0.2, 0.25) is 0 Å². The maximum Gasteiger partial charge on any atom is 0.325 e. The van der Waals surface area contributed by atoms with Crippen molar-refractivity contribution in [3.8, 4) is 0 Å².